The molecule has 0 atom stereocenters. The van der Waals surface area contributed by atoms with Crippen molar-refractivity contribution in [3.8, 4) is 0 Å². The van der Waals surface area contributed by atoms with Gasteiger partial charge in [-0.1, -0.05) is 0 Å². The maximum absolute atomic E-state index is 11.7. The molecule has 1 aromatic carbocycles. The smallest absolute Gasteiger partial charge is 0.339 e. The van der Waals surface area contributed by atoms with Gasteiger partial charge in [-0.2, -0.15) is 8.42 Å². The first kappa shape index (κ1) is 16.1. The van der Waals surface area contributed by atoms with E-state index in [1.165, 1.54) is 0 Å². The van der Waals surface area contributed by atoms with E-state index >= 15 is 0 Å². The third-order valence-electron chi connectivity index (χ3n) is 2.28. The van der Waals surface area contributed by atoms with Crippen molar-refractivity contribution < 1.29 is 32.0 Å². The normalized spacial score (nSPS) is 10.9. The van der Waals surface area contributed by atoms with Gasteiger partial charge in [0, 0.05) is 0 Å². The standard InChI is InChI=1S/C12H14O7S/c1-3-18-11(13)9-6-5-8(20(15,16)17)7-10(9)12(14)19-4-2/h5-7H,3-4H2,1-2H3,(H,15,16,17). The van der Waals surface area contributed by atoms with Gasteiger partial charge < -0.3 is 9.47 Å². The summed E-state index contributed by atoms with van der Waals surface area (Å²) in [5, 5.41) is 0. The molecule has 1 rings (SSSR count). The number of rotatable bonds is 5. The van der Waals surface area contributed by atoms with Crippen LogP contribution in [0.5, 0.6) is 0 Å². The van der Waals surface area contributed by atoms with E-state index in [-0.39, 0.29) is 24.3 Å². The molecule has 0 saturated carbocycles. The van der Waals surface area contributed by atoms with Crippen LogP contribution in [0, 0.1) is 0 Å². The molecule has 110 valence electrons. The van der Waals surface area contributed by atoms with E-state index in [4.69, 9.17) is 14.0 Å². The van der Waals surface area contributed by atoms with Crippen molar-refractivity contribution in [3.63, 3.8) is 0 Å². The summed E-state index contributed by atoms with van der Waals surface area (Å²) in [6.07, 6.45) is 0. The molecule has 20 heavy (non-hydrogen) atoms. The topological polar surface area (TPSA) is 107 Å². The molecule has 0 spiro atoms. The van der Waals surface area contributed by atoms with Crippen molar-refractivity contribution in [2.24, 2.45) is 0 Å². The first-order chi connectivity index (χ1) is 9.31. The lowest BCUT2D eigenvalue weighted by molar-refractivity contribution is 0.0478. The summed E-state index contributed by atoms with van der Waals surface area (Å²) in [6.45, 7) is 3.31. The molecule has 0 heterocycles. The Bertz CT molecular complexity index is 619. The summed E-state index contributed by atoms with van der Waals surface area (Å²) in [6, 6.07) is 2.97. The molecule has 1 N–H and O–H groups in total. The van der Waals surface area contributed by atoms with Gasteiger partial charge in [-0.25, -0.2) is 9.59 Å². The van der Waals surface area contributed by atoms with Crippen LogP contribution in [0.15, 0.2) is 23.1 Å². The third-order valence-corrected chi connectivity index (χ3v) is 3.13. The van der Waals surface area contributed by atoms with E-state index in [0.29, 0.717) is 0 Å². The van der Waals surface area contributed by atoms with Crippen molar-refractivity contribution in [2.75, 3.05) is 13.2 Å². The van der Waals surface area contributed by atoms with Crippen LogP contribution < -0.4 is 0 Å². The van der Waals surface area contributed by atoms with Gasteiger partial charge in [-0.05, 0) is 32.0 Å². The molecule has 0 fully saturated rings. The zero-order valence-electron chi connectivity index (χ0n) is 11.0. The highest BCUT2D eigenvalue weighted by Gasteiger charge is 2.22. The Morgan fingerprint density at radius 1 is 1.05 bits per heavy atom. The summed E-state index contributed by atoms with van der Waals surface area (Å²) in [7, 11) is -4.49. The highest BCUT2D eigenvalue weighted by Crippen LogP contribution is 2.18. The fourth-order valence-corrected chi connectivity index (χ4v) is 1.96. The number of hydrogen-bond acceptors (Lipinski definition) is 6. The second kappa shape index (κ2) is 6.49. The Balaban J connectivity index is 3.38. The fraction of sp³-hybridized carbons (Fsp3) is 0.333. The van der Waals surface area contributed by atoms with Gasteiger partial charge in [0.25, 0.3) is 10.1 Å². The predicted octanol–water partition coefficient (Wildman–Crippen LogP) is 1.29. The number of carbonyl (C=O) groups is 2. The van der Waals surface area contributed by atoms with Crippen LogP contribution in [0.25, 0.3) is 0 Å². The van der Waals surface area contributed by atoms with Gasteiger partial charge in [0.2, 0.25) is 0 Å². The van der Waals surface area contributed by atoms with Crippen molar-refractivity contribution >= 4 is 22.1 Å². The number of esters is 2. The predicted molar refractivity (Wildman–Crippen MR) is 68.2 cm³/mol. The molecule has 8 heteroatoms. The highest BCUT2D eigenvalue weighted by atomic mass is 32.2. The van der Waals surface area contributed by atoms with E-state index in [1.54, 1.807) is 13.8 Å². The average Bonchev–Trinajstić information content (AvgIpc) is 2.37. The van der Waals surface area contributed by atoms with Crippen molar-refractivity contribution in [1.29, 1.82) is 0 Å². The minimum atomic E-state index is -4.49. The Hall–Kier alpha value is -1.93. The van der Waals surface area contributed by atoms with Gasteiger partial charge in [0.15, 0.2) is 0 Å². The Labute approximate surface area is 116 Å². The zero-order valence-corrected chi connectivity index (χ0v) is 11.8. The van der Waals surface area contributed by atoms with Crippen LogP contribution >= 0.6 is 0 Å². The van der Waals surface area contributed by atoms with Gasteiger partial charge in [-0.15, -0.1) is 0 Å². The SMILES string of the molecule is CCOC(=O)c1ccc(S(=O)(=O)O)cc1C(=O)OCC. The van der Waals surface area contributed by atoms with E-state index in [0.717, 1.165) is 18.2 Å². The molecule has 0 aliphatic carbocycles. The lowest BCUT2D eigenvalue weighted by Crippen LogP contribution is -2.15. The molecule has 0 aliphatic heterocycles. The molecule has 7 nitrogen and oxygen atoms in total. The first-order valence-corrected chi connectivity index (χ1v) is 7.21. The van der Waals surface area contributed by atoms with E-state index in [9.17, 15) is 18.0 Å². The maximum atomic E-state index is 11.7. The maximum Gasteiger partial charge on any atom is 0.339 e. The first-order valence-electron chi connectivity index (χ1n) is 5.77. The minimum absolute atomic E-state index is 0.0528. The molecule has 0 aliphatic rings. The van der Waals surface area contributed by atoms with Crippen LogP contribution in [0.1, 0.15) is 34.6 Å². The minimum Gasteiger partial charge on any atom is -0.462 e. The Morgan fingerprint density at radius 3 is 2.00 bits per heavy atom. The van der Waals surface area contributed by atoms with Crippen LogP contribution in [0.3, 0.4) is 0 Å². The van der Waals surface area contributed by atoms with Gasteiger partial charge in [-0.3, -0.25) is 4.55 Å². The second-order valence-electron chi connectivity index (χ2n) is 3.62. The second-order valence-corrected chi connectivity index (χ2v) is 5.04. The molecule has 0 saturated heterocycles. The fourth-order valence-electron chi connectivity index (χ4n) is 1.45. The number of ether oxygens (including phenoxy) is 2. The van der Waals surface area contributed by atoms with Crippen LogP contribution in [-0.4, -0.2) is 38.1 Å². The lowest BCUT2D eigenvalue weighted by atomic mass is 10.1. The average molecular weight is 302 g/mol. The quantitative estimate of drug-likeness (QED) is 0.645. The molecule has 0 aromatic heterocycles. The summed E-state index contributed by atoms with van der Waals surface area (Å²) in [4.78, 5) is 22.9. The summed E-state index contributed by atoms with van der Waals surface area (Å²) < 4.78 is 40.6. The number of benzene rings is 1. The summed E-state index contributed by atoms with van der Waals surface area (Å²) in [5.74, 6) is -1.65. The largest absolute Gasteiger partial charge is 0.462 e. The van der Waals surface area contributed by atoms with Crippen LogP contribution in [-0.2, 0) is 19.6 Å². The van der Waals surface area contributed by atoms with Crippen molar-refractivity contribution in [2.45, 2.75) is 18.7 Å². The van der Waals surface area contributed by atoms with E-state index in [1.807, 2.05) is 0 Å². The Morgan fingerprint density at radius 2 is 1.55 bits per heavy atom. The lowest BCUT2D eigenvalue weighted by Gasteiger charge is -2.09. The van der Waals surface area contributed by atoms with E-state index in [2.05, 4.69) is 0 Å². The molecule has 1 aromatic rings. The zero-order chi connectivity index (χ0) is 15.3. The van der Waals surface area contributed by atoms with E-state index < -0.39 is 27.0 Å². The van der Waals surface area contributed by atoms with Crippen LogP contribution in [0.2, 0.25) is 0 Å². The molecular weight excluding hydrogens is 288 g/mol. The summed E-state index contributed by atoms with van der Waals surface area (Å²) >= 11 is 0. The van der Waals surface area contributed by atoms with Crippen molar-refractivity contribution in [1.82, 2.24) is 0 Å². The number of carbonyl (C=O) groups excluding carboxylic acids is 2. The van der Waals surface area contributed by atoms with Gasteiger partial charge >= 0.3 is 11.9 Å². The van der Waals surface area contributed by atoms with Gasteiger partial charge in [0.05, 0.1) is 29.2 Å². The molecule has 0 unspecified atom stereocenters. The molecular formula is C12H14O7S. The third kappa shape index (κ3) is 3.78. The summed E-state index contributed by atoms with van der Waals surface area (Å²) in [5.41, 5.74) is -0.405. The number of hydrogen-bond donors (Lipinski definition) is 1. The molecule has 0 radical (unpaired) electrons. The Kier molecular flexibility index (Phi) is 5.23. The highest BCUT2D eigenvalue weighted by molar-refractivity contribution is 7.85. The molecule has 0 amide bonds. The monoisotopic (exact) mass is 302 g/mol. The molecule has 0 bridgehead atoms. The van der Waals surface area contributed by atoms with Crippen LogP contribution in [0.4, 0.5) is 0 Å². The van der Waals surface area contributed by atoms with Crippen molar-refractivity contribution in [3.05, 3.63) is 29.3 Å². The van der Waals surface area contributed by atoms with Gasteiger partial charge in [0.1, 0.15) is 0 Å².